The van der Waals surface area contributed by atoms with E-state index in [2.05, 4.69) is 0 Å². The normalized spacial score (nSPS) is 17.4. The molecule has 0 spiro atoms. The Labute approximate surface area is 145 Å². The molecule has 10 heteroatoms. The van der Waals surface area contributed by atoms with Crippen LogP contribution >= 0.6 is 11.9 Å². The number of hydrogen-bond donors (Lipinski definition) is 1. The molecule has 142 valence electrons. The summed E-state index contributed by atoms with van der Waals surface area (Å²) in [6.07, 6.45) is -6.75. The lowest BCUT2D eigenvalue weighted by atomic mass is 10.1. The van der Waals surface area contributed by atoms with Crippen molar-refractivity contribution >= 4 is 23.6 Å². The number of nitrogens with zero attached hydrogens (tertiary/aromatic N) is 1. The summed E-state index contributed by atoms with van der Waals surface area (Å²) in [4.78, 5) is 10.6. The molecule has 1 aromatic carbocycles. The lowest BCUT2D eigenvalue weighted by molar-refractivity contribution is -0.138. The molecule has 0 bridgehead atoms. The Balaban J connectivity index is 0.00000151. The third kappa shape index (κ3) is 6.33. The number of halogens is 6. The van der Waals surface area contributed by atoms with Crippen LogP contribution in [-0.4, -0.2) is 30.0 Å². The highest BCUT2D eigenvalue weighted by Gasteiger charge is 2.33. The summed E-state index contributed by atoms with van der Waals surface area (Å²) in [7, 11) is 0.500. The van der Waals surface area contributed by atoms with Crippen molar-refractivity contribution in [1.29, 1.82) is 0 Å². The maximum Gasteiger partial charge on any atom is 0.416 e. The van der Waals surface area contributed by atoms with Gasteiger partial charge in [0.1, 0.15) is 0 Å². The van der Waals surface area contributed by atoms with E-state index in [1.807, 2.05) is 0 Å². The van der Waals surface area contributed by atoms with Crippen LogP contribution in [0.2, 0.25) is 0 Å². The Bertz CT molecular complexity index is 582. The second-order valence-corrected chi connectivity index (χ2v) is 6.48. The molecule has 2 rings (SSSR count). The first-order valence-corrected chi connectivity index (χ1v) is 8.04. The van der Waals surface area contributed by atoms with Gasteiger partial charge < -0.3 is 9.41 Å². The molecule has 0 amide bonds. The molecule has 0 aromatic heterocycles. The van der Waals surface area contributed by atoms with Crippen LogP contribution in [0.25, 0.3) is 0 Å². The molecule has 1 aliphatic rings. The van der Waals surface area contributed by atoms with Gasteiger partial charge in [-0.2, -0.15) is 13.2 Å². The molecule has 0 aliphatic carbocycles. The van der Waals surface area contributed by atoms with Crippen LogP contribution in [-0.2, 0) is 11.0 Å². The molecule has 1 N–H and O–H groups in total. The number of alkyl halides is 6. The van der Waals surface area contributed by atoms with Gasteiger partial charge >= 0.3 is 12.1 Å². The van der Waals surface area contributed by atoms with Crippen molar-refractivity contribution in [3.05, 3.63) is 29.3 Å². The summed E-state index contributed by atoms with van der Waals surface area (Å²) in [6, 6.07) is 2.35. The van der Waals surface area contributed by atoms with Crippen LogP contribution in [0, 0.1) is 0 Å². The number of carboxylic acid groups (broad SMARTS) is 1. The zero-order valence-corrected chi connectivity index (χ0v) is 14.0. The molecule has 0 saturated carbocycles. The average Bonchev–Trinajstić information content (AvgIpc) is 3.02. The first kappa shape index (κ1) is 21.5. The topological polar surface area (TPSA) is 40.5 Å². The van der Waals surface area contributed by atoms with E-state index in [1.54, 1.807) is 0 Å². The lowest BCUT2D eigenvalue weighted by Gasteiger charge is -2.20. The van der Waals surface area contributed by atoms with E-state index in [0.717, 1.165) is 12.1 Å². The molecule has 1 unspecified atom stereocenters. The third-order valence-electron chi connectivity index (χ3n) is 3.42. The quantitative estimate of drug-likeness (QED) is 0.547. The van der Waals surface area contributed by atoms with Gasteiger partial charge in [-0.15, -0.1) is 0 Å². The number of carbonyl (C=O) groups is 1. The van der Waals surface area contributed by atoms with Gasteiger partial charge in [0.25, 0.3) is 6.43 Å². The van der Waals surface area contributed by atoms with Crippen molar-refractivity contribution in [2.75, 3.05) is 18.0 Å². The summed E-state index contributed by atoms with van der Waals surface area (Å²) < 4.78 is 75.2. The molecule has 1 heterocycles. The number of carboxylic acids is 1. The first-order valence-electron chi connectivity index (χ1n) is 7.21. The molecular formula is C15H17F6NO2S. The molecule has 1 aromatic rings. The number of anilines is 1. The van der Waals surface area contributed by atoms with E-state index in [4.69, 9.17) is 5.11 Å². The number of rotatable bonds is 5. The predicted octanol–water partition coefficient (Wildman–Crippen LogP) is 5.32. The summed E-state index contributed by atoms with van der Waals surface area (Å²) in [6.45, 7) is 0.388. The smallest absolute Gasteiger partial charge is 0.416 e. The van der Waals surface area contributed by atoms with Crippen LogP contribution in [0.4, 0.5) is 32.0 Å². The fourth-order valence-corrected chi connectivity index (χ4v) is 3.52. The maximum atomic E-state index is 12.8. The van der Waals surface area contributed by atoms with Gasteiger partial charge in [0.15, 0.2) is 0 Å². The highest BCUT2D eigenvalue weighted by atomic mass is 32.2. The Hall–Kier alpha value is -1.58. The molecule has 1 aliphatic heterocycles. The molecule has 0 radical (unpaired) electrons. The monoisotopic (exact) mass is 389 g/mol. The zero-order valence-electron chi connectivity index (χ0n) is 13.2. The summed E-state index contributed by atoms with van der Waals surface area (Å²) in [5.74, 6) is -0.942. The summed E-state index contributed by atoms with van der Waals surface area (Å²) in [5, 5.41) is 8.60. The van der Waals surface area contributed by atoms with E-state index in [1.165, 1.54) is 16.3 Å². The first-order chi connectivity index (χ1) is 11.7. The summed E-state index contributed by atoms with van der Waals surface area (Å²) in [5.41, 5.74) is -1.72. The van der Waals surface area contributed by atoms with Crippen LogP contribution in [0.1, 0.15) is 36.8 Å². The Morgan fingerprint density at radius 1 is 1.32 bits per heavy atom. The van der Waals surface area contributed by atoms with Crippen molar-refractivity contribution in [2.45, 2.75) is 37.1 Å². The van der Waals surface area contributed by atoms with Crippen molar-refractivity contribution in [3.8, 4) is 0 Å². The maximum absolute atomic E-state index is 12.8. The Kier molecular flexibility index (Phi) is 7.91. The average molecular weight is 389 g/mol. The van der Waals surface area contributed by atoms with E-state index < -0.39 is 29.7 Å². The van der Waals surface area contributed by atoms with Crippen LogP contribution in [0.5, 0.6) is 0 Å². The summed E-state index contributed by atoms with van der Waals surface area (Å²) >= 11 is 1.20. The highest BCUT2D eigenvalue weighted by molar-refractivity contribution is 8.01. The van der Waals surface area contributed by atoms with E-state index >= 15 is 0 Å². The molecule has 1 saturated heterocycles. The molecule has 3 nitrogen and oxygen atoms in total. The van der Waals surface area contributed by atoms with Crippen molar-refractivity contribution in [2.24, 2.45) is 0 Å². The molecule has 25 heavy (non-hydrogen) atoms. The fraction of sp³-hybridized carbons (Fsp3) is 0.533. The second-order valence-electron chi connectivity index (χ2n) is 5.16. The van der Waals surface area contributed by atoms with Gasteiger partial charge in [0.05, 0.1) is 12.7 Å². The van der Waals surface area contributed by atoms with Gasteiger partial charge in [-0.05, 0) is 43.0 Å². The third-order valence-corrected chi connectivity index (χ3v) is 4.84. The van der Waals surface area contributed by atoms with Crippen LogP contribution < -0.4 is 4.31 Å². The van der Waals surface area contributed by atoms with Gasteiger partial charge in [0, 0.05) is 29.5 Å². The van der Waals surface area contributed by atoms with Crippen molar-refractivity contribution in [1.82, 2.24) is 0 Å². The highest BCUT2D eigenvalue weighted by Crippen LogP contribution is 2.40. The van der Waals surface area contributed by atoms with Gasteiger partial charge in [-0.1, -0.05) is 0 Å². The van der Waals surface area contributed by atoms with Gasteiger partial charge in [-0.25, -0.2) is 8.78 Å². The number of hydrogen-bond acceptors (Lipinski definition) is 3. The van der Waals surface area contributed by atoms with Crippen molar-refractivity contribution < 1.29 is 36.2 Å². The molecule has 1 fully saturated rings. The molecular weight excluding hydrogens is 372 g/mol. The minimum absolute atomic E-state index is 0.0314. The van der Waals surface area contributed by atoms with Crippen LogP contribution in [0.3, 0.4) is 0 Å². The van der Waals surface area contributed by atoms with Gasteiger partial charge in [0.2, 0.25) is 0 Å². The Morgan fingerprint density at radius 3 is 2.48 bits per heavy atom. The second kappa shape index (κ2) is 9.21. The van der Waals surface area contributed by atoms with E-state index in [9.17, 15) is 31.1 Å². The number of aliphatic carboxylic acids is 1. The van der Waals surface area contributed by atoms with E-state index in [-0.39, 0.29) is 17.4 Å². The SMILES string of the molecule is CF.O=C(O)CCC1CCN(c2cc(C(F)F)cc(C(F)(F)F)c2)S1. The minimum Gasteiger partial charge on any atom is -0.481 e. The molecule has 1 atom stereocenters. The largest absolute Gasteiger partial charge is 0.481 e. The lowest BCUT2D eigenvalue weighted by Crippen LogP contribution is -2.13. The van der Waals surface area contributed by atoms with Crippen molar-refractivity contribution in [3.63, 3.8) is 0 Å². The van der Waals surface area contributed by atoms with Gasteiger partial charge in [-0.3, -0.25) is 9.18 Å². The standard InChI is InChI=1S/C14H14F5NO2S.CH3F/c15-13(16)8-5-9(14(17,18)19)7-10(6-8)20-4-3-11(23-20)1-2-12(21)22;1-2/h5-7,11,13H,1-4H2,(H,21,22);1H3. The van der Waals surface area contributed by atoms with Crippen LogP contribution in [0.15, 0.2) is 18.2 Å². The zero-order chi connectivity index (χ0) is 19.2. The number of benzene rings is 1. The fourth-order valence-electron chi connectivity index (χ4n) is 2.29. The Morgan fingerprint density at radius 2 is 1.96 bits per heavy atom. The van der Waals surface area contributed by atoms with E-state index in [0.29, 0.717) is 32.6 Å². The predicted molar refractivity (Wildman–Crippen MR) is 83.6 cm³/mol. The minimum atomic E-state index is -4.70.